The van der Waals surface area contributed by atoms with E-state index in [4.69, 9.17) is 4.42 Å². The van der Waals surface area contributed by atoms with Crippen molar-refractivity contribution in [1.29, 1.82) is 0 Å². The third-order valence-electron chi connectivity index (χ3n) is 2.63. The van der Waals surface area contributed by atoms with Crippen LogP contribution in [0, 0.1) is 0 Å². The number of hydrogen-bond donors (Lipinski definition) is 1. The molecular weight excluding hydrogens is 294 g/mol. The molecular formula is C14H14BrNO2. The van der Waals surface area contributed by atoms with Gasteiger partial charge in [-0.15, -0.1) is 0 Å². The van der Waals surface area contributed by atoms with E-state index < -0.39 is 0 Å². The quantitative estimate of drug-likeness (QED) is 0.912. The van der Waals surface area contributed by atoms with E-state index in [0.29, 0.717) is 11.7 Å². The molecule has 94 valence electrons. The summed E-state index contributed by atoms with van der Waals surface area (Å²) in [4.78, 5) is 11.9. The minimum absolute atomic E-state index is 0.232. The van der Waals surface area contributed by atoms with E-state index in [9.17, 15) is 4.79 Å². The zero-order valence-corrected chi connectivity index (χ0v) is 11.8. The number of rotatable bonds is 3. The lowest BCUT2D eigenvalue weighted by atomic mass is 10.0. The first-order valence-electron chi connectivity index (χ1n) is 5.72. The average Bonchev–Trinajstić information content (AvgIpc) is 2.84. The molecule has 4 heteroatoms. The van der Waals surface area contributed by atoms with Crippen LogP contribution < -0.4 is 5.32 Å². The largest absolute Gasteiger partial charge is 0.459 e. The predicted molar refractivity (Wildman–Crippen MR) is 74.9 cm³/mol. The Morgan fingerprint density at radius 1 is 1.33 bits per heavy atom. The zero-order chi connectivity index (χ0) is 13.1. The van der Waals surface area contributed by atoms with Crippen molar-refractivity contribution in [3.8, 4) is 0 Å². The summed E-state index contributed by atoms with van der Waals surface area (Å²) in [6.45, 7) is 4.18. The van der Waals surface area contributed by atoms with Crippen molar-refractivity contribution in [3.63, 3.8) is 0 Å². The standard InChI is InChI=1S/C14H14BrNO2/c1-9(2)11-8-10(15)5-6-12(11)16-14(17)13-4-3-7-18-13/h3-9H,1-2H3,(H,16,17). The molecule has 0 saturated heterocycles. The van der Waals surface area contributed by atoms with Crippen LogP contribution in [0.15, 0.2) is 45.5 Å². The maximum atomic E-state index is 11.9. The molecule has 1 N–H and O–H groups in total. The van der Waals surface area contributed by atoms with Crippen LogP contribution in [0.4, 0.5) is 5.69 Å². The Kier molecular flexibility index (Phi) is 3.87. The smallest absolute Gasteiger partial charge is 0.291 e. The normalized spacial score (nSPS) is 10.7. The minimum atomic E-state index is -0.232. The topological polar surface area (TPSA) is 42.2 Å². The van der Waals surface area contributed by atoms with Crippen LogP contribution in [0.1, 0.15) is 35.9 Å². The van der Waals surface area contributed by atoms with Crippen LogP contribution in [0.25, 0.3) is 0 Å². The second kappa shape index (κ2) is 5.40. The molecule has 0 unspecified atom stereocenters. The number of anilines is 1. The molecule has 0 bridgehead atoms. The van der Waals surface area contributed by atoms with Gasteiger partial charge in [0.05, 0.1) is 6.26 Å². The predicted octanol–water partition coefficient (Wildman–Crippen LogP) is 4.42. The number of carbonyl (C=O) groups is 1. The third-order valence-corrected chi connectivity index (χ3v) is 3.12. The van der Waals surface area contributed by atoms with Crippen LogP contribution >= 0.6 is 15.9 Å². The Bertz CT molecular complexity index is 547. The SMILES string of the molecule is CC(C)c1cc(Br)ccc1NC(=O)c1ccco1. The van der Waals surface area contributed by atoms with Gasteiger partial charge in [-0.05, 0) is 41.8 Å². The number of halogens is 1. The molecule has 1 amide bonds. The summed E-state index contributed by atoms with van der Waals surface area (Å²) in [5.41, 5.74) is 1.90. The molecule has 0 aliphatic rings. The maximum absolute atomic E-state index is 11.9. The maximum Gasteiger partial charge on any atom is 0.291 e. The molecule has 1 aromatic carbocycles. The van der Waals surface area contributed by atoms with Gasteiger partial charge < -0.3 is 9.73 Å². The highest BCUT2D eigenvalue weighted by molar-refractivity contribution is 9.10. The van der Waals surface area contributed by atoms with E-state index in [1.807, 2.05) is 18.2 Å². The van der Waals surface area contributed by atoms with E-state index in [-0.39, 0.29) is 5.91 Å². The van der Waals surface area contributed by atoms with E-state index in [0.717, 1.165) is 15.7 Å². The van der Waals surface area contributed by atoms with Gasteiger partial charge in [-0.1, -0.05) is 29.8 Å². The summed E-state index contributed by atoms with van der Waals surface area (Å²) in [7, 11) is 0. The Balaban J connectivity index is 2.26. The van der Waals surface area contributed by atoms with Crippen molar-refractivity contribution >= 4 is 27.5 Å². The van der Waals surface area contributed by atoms with Gasteiger partial charge in [-0.2, -0.15) is 0 Å². The molecule has 1 heterocycles. The van der Waals surface area contributed by atoms with Crippen LogP contribution in [0.5, 0.6) is 0 Å². The van der Waals surface area contributed by atoms with E-state index in [1.165, 1.54) is 6.26 Å². The molecule has 2 rings (SSSR count). The first kappa shape index (κ1) is 12.9. The van der Waals surface area contributed by atoms with Crippen molar-refractivity contribution < 1.29 is 9.21 Å². The molecule has 0 fully saturated rings. The fourth-order valence-electron chi connectivity index (χ4n) is 1.72. The number of amides is 1. The molecule has 0 spiro atoms. The molecule has 2 aromatic rings. The number of hydrogen-bond acceptors (Lipinski definition) is 2. The number of nitrogens with one attached hydrogen (secondary N) is 1. The molecule has 0 saturated carbocycles. The van der Waals surface area contributed by atoms with Gasteiger partial charge in [0.1, 0.15) is 0 Å². The molecule has 0 radical (unpaired) electrons. The Morgan fingerprint density at radius 3 is 2.72 bits per heavy atom. The lowest BCUT2D eigenvalue weighted by Crippen LogP contribution is -2.12. The highest BCUT2D eigenvalue weighted by Crippen LogP contribution is 2.28. The van der Waals surface area contributed by atoms with Crippen LogP contribution in [0.2, 0.25) is 0 Å². The van der Waals surface area contributed by atoms with Gasteiger partial charge in [0.2, 0.25) is 0 Å². The van der Waals surface area contributed by atoms with Crippen LogP contribution in [-0.4, -0.2) is 5.91 Å². The minimum Gasteiger partial charge on any atom is -0.459 e. The molecule has 0 aliphatic heterocycles. The fraction of sp³-hybridized carbons (Fsp3) is 0.214. The summed E-state index contributed by atoms with van der Waals surface area (Å²) in [6.07, 6.45) is 1.49. The van der Waals surface area contributed by atoms with Gasteiger partial charge in [0.15, 0.2) is 5.76 Å². The summed E-state index contributed by atoms with van der Waals surface area (Å²) in [6, 6.07) is 9.15. The van der Waals surface area contributed by atoms with Crippen molar-refractivity contribution in [1.82, 2.24) is 0 Å². The van der Waals surface area contributed by atoms with Gasteiger partial charge in [-0.25, -0.2) is 0 Å². The number of carbonyl (C=O) groups excluding carboxylic acids is 1. The second-order valence-electron chi connectivity index (χ2n) is 4.32. The van der Waals surface area contributed by atoms with E-state index in [1.54, 1.807) is 12.1 Å². The second-order valence-corrected chi connectivity index (χ2v) is 5.23. The number of furan rings is 1. The summed E-state index contributed by atoms with van der Waals surface area (Å²) in [5, 5.41) is 2.87. The monoisotopic (exact) mass is 307 g/mol. The first-order valence-corrected chi connectivity index (χ1v) is 6.51. The molecule has 18 heavy (non-hydrogen) atoms. The Labute approximate surface area is 114 Å². The molecule has 1 aromatic heterocycles. The van der Waals surface area contributed by atoms with Crippen molar-refractivity contribution in [3.05, 3.63) is 52.4 Å². The van der Waals surface area contributed by atoms with Gasteiger partial charge >= 0.3 is 0 Å². The van der Waals surface area contributed by atoms with Gasteiger partial charge in [0.25, 0.3) is 5.91 Å². The van der Waals surface area contributed by atoms with Gasteiger partial charge in [0, 0.05) is 10.2 Å². The highest BCUT2D eigenvalue weighted by atomic mass is 79.9. The average molecular weight is 308 g/mol. The Hall–Kier alpha value is -1.55. The van der Waals surface area contributed by atoms with E-state index >= 15 is 0 Å². The van der Waals surface area contributed by atoms with Crippen molar-refractivity contribution in [2.45, 2.75) is 19.8 Å². The zero-order valence-electron chi connectivity index (χ0n) is 10.2. The lowest BCUT2D eigenvalue weighted by Gasteiger charge is -2.13. The molecule has 0 atom stereocenters. The van der Waals surface area contributed by atoms with Gasteiger partial charge in [-0.3, -0.25) is 4.79 Å². The Morgan fingerprint density at radius 2 is 2.11 bits per heavy atom. The molecule has 3 nitrogen and oxygen atoms in total. The highest BCUT2D eigenvalue weighted by Gasteiger charge is 2.13. The van der Waals surface area contributed by atoms with Crippen LogP contribution in [-0.2, 0) is 0 Å². The fourth-order valence-corrected chi connectivity index (χ4v) is 2.10. The van der Waals surface area contributed by atoms with Crippen LogP contribution in [0.3, 0.4) is 0 Å². The lowest BCUT2D eigenvalue weighted by molar-refractivity contribution is 0.0996. The van der Waals surface area contributed by atoms with Crippen molar-refractivity contribution in [2.24, 2.45) is 0 Å². The summed E-state index contributed by atoms with van der Waals surface area (Å²) < 4.78 is 6.07. The summed E-state index contributed by atoms with van der Waals surface area (Å²) in [5.74, 6) is 0.409. The first-order chi connectivity index (χ1) is 8.58. The molecule has 0 aliphatic carbocycles. The van der Waals surface area contributed by atoms with Crippen molar-refractivity contribution in [2.75, 3.05) is 5.32 Å². The summed E-state index contributed by atoms with van der Waals surface area (Å²) >= 11 is 3.44. The van der Waals surface area contributed by atoms with E-state index in [2.05, 4.69) is 35.1 Å². The number of benzene rings is 1. The third kappa shape index (κ3) is 2.82.